The number of nitrogens with one attached hydrogen (secondary N) is 1. The number of carbonyl (C=O) groups is 1. The van der Waals surface area contributed by atoms with Crippen molar-refractivity contribution in [3.63, 3.8) is 0 Å². The molecule has 1 aromatic carbocycles. The second-order valence-electron chi connectivity index (χ2n) is 4.24. The normalized spacial score (nSPS) is 20.8. The Hall–Kier alpha value is -1.82. The van der Waals surface area contributed by atoms with Crippen molar-refractivity contribution < 1.29 is 18.3 Å². The van der Waals surface area contributed by atoms with Crippen molar-refractivity contribution in [1.29, 1.82) is 0 Å². The second-order valence-corrected chi connectivity index (χ2v) is 6.17. The quantitative estimate of drug-likeness (QED) is 0.828. The summed E-state index contributed by atoms with van der Waals surface area (Å²) in [5.41, 5.74) is 0.986. The predicted octanol–water partition coefficient (Wildman–Crippen LogP) is 0.741. The van der Waals surface area contributed by atoms with Crippen LogP contribution in [0.2, 0.25) is 0 Å². The van der Waals surface area contributed by atoms with Crippen molar-refractivity contribution in [1.82, 2.24) is 5.32 Å². The number of phenolic OH excluding ortho intramolecular Hbond substituents is 1. The maximum absolute atomic E-state index is 11.9. The number of hydrogen-bond donors (Lipinski definition) is 2. The van der Waals surface area contributed by atoms with Gasteiger partial charge >= 0.3 is 0 Å². The van der Waals surface area contributed by atoms with Crippen LogP contribution in [0.4, 0.5) is 0 Å². The summed E-state index contributed by atoms with van der Waals surface area (Å²) in [6.45, 7) is 1.69. The summed E-state index contributed by atoms with van der Waals surface area (Å²) in [7, 11) is -3.17. The number of rotatable bonds is 2. The molecule has 2 rings (SSSR count). The lowest BCUT2D eigenvalue weighted by Gasteiger charge is -2.10. The zero-order valence-corrected chi connectivity index (χ0v) is 10.6. The van der Waals surface area contributed by atoms with Gasteiger partial charge in [-0.3, -0.25) is 4.79 Å². The second kappa shape index (κ2) is 4.45. The van der Waals surface area contributed by atoms with Crippen LogP contribution in [0.15, 0.2) is 29.7 Å². The largest absolute Gasteiger partial charge is 0.508 e. The first-order valence-corrected chi connectivity index (χ1v) is 7.10. The van der Waals surface area contributed by atoms with Gasteiger partial charge in [-0.05, 0) is 36.8 Å². The standard InChI is InChI=1S/C12H13NO4S/c1-8-6-9(2-3-11(8)14)12(15)13-10-4-5-18(16,17)7-10/h2-6,10,14H,7H2,1H3,(H,13,15). The van der Waals surface area contributed by atoms with E-state index in [1.165, 1.54) is 18.2 Å². The third kappa shape index (κ3) is 2.70. The van der Waals surface area contributed by atoms with E-state index < -0.39 is 15.9 Å². The van der Waals surface area contributed by atoms with Gasteiger partial charge in [-0.2, -0.15) is 0 Å². The van der Waals surface area contributed by atoms with E-state index in [4.69, 9.17) is 0 Å². The first-order chi connectivity index (χ1) is 8.37. The Morgan fingerprint density at radius 2 is 2.17 bits per heavy atom. The lowest BCUT2D eigenvalue weighted by Crippen LogP contribution is -2.35. The Kier molecular flexibility index (Phi) is 3.13. The van der Waals surface area contributed by atoms with Gasteiger partial charge < -0.3 is 10.4 Å². The molecule has 0 saturated carbocycles. The van der Waals surface area contributed by atoms with E-state index in [1.54, 1.807) is 13.0 Å². The van der Waals surface area contributed by atoms with Crippen LogP contribution in [0.3, 0.4) is 0 Å². The highest BCUT2D eigenvalue weighted by atomic mass is 32.2. The fourth-order valence-electron chi connectivity index (χ4n) is 1.71. The van der Waals surface area contributed by atoms with Gasteiger partial charge in [0.25, 0.3) is 5.91 Å². The summed E-state index contributed by atoms with van der Waals surface area (Å²) in [6.07, 6.45) is 1.46. The average molecular weight is 267 g/mol. The van der Waals surface area contributed by atoms with Crippen molar-refractivity contribution in [3.8, 4) is 5.75 Å². The molecule has 0 fully saturated rings. The molecule has 1 unspecified atom stereocenters. The Balaban J connectivity index is 2.09. The third-order valence-electron chi connectivity index (χ3n) is 2.71. The Morgan fingerprint density at radius 1 is 1.44 bits per heavy atom. The average Bonchev–Trinajstić information content (AvgIpc) is 2.62. The fraction of sp³-hybridized carbons (Fsp3) is 0.250. The van der Waals surface area contributed by atoms with Gasteiger partial charge in [0.1, 0.15) is 5.75 Å². The maximum atomic E-state index is 11.9. The highest BCUT2D eigenvalue weighted by Crippen LogP contribution is 2.17. The van der Waals surface area contributed by atoms with Crippen LogP contribution < -0.4 is 5.32 Å². The van der Waals surface area contributed by atoms with Crippen molar-refractivity contribution in [2.45, 2.75) is 13.0 Å². The topological polar surface area (TPSA) is 83.5 Å². The fourth-order valence-corrected chi connectivity index (χ4v) is 2.95. The van der Waals surface area contributed by atoms with E-state index in [2.05, 4.69) is 5.32 Å². The molecular weight excluding hydrogens is 254 g/mol. The van der Waals surface area contributed by atoms with Crippen LogP contribution >= 0.6 is 0 Å². The molecule has 1 heterocycles. The molecule has 0 radical (unpaired) electrons. The molecule has 0 aromatic heterocycles. The van der Waals surface area contributed by atoms with Gasteiger partial charge in [-0.25, -0.2) is 8.42 Å². The predicted molar refractivity (Wildman–Crippen MR) is 67.0 cm³/mol. The molecule has 1 amide bonds. The molecule has 0 bridgehead atoms. The number of aromatic hydroxyl groups is 1. The van der Waals surface area contributed by atoms with Crippen molar-refractivity contribution in [2.75, 3.05) is 5.75 Å². The van der Waals surface area contributed by atoms with Gasteiger partial charge in [-0.1, -0.05) is 0 Å². The van der Waals surface area contributed by atoms with Gasteiger partial charge in [0.05, 0.1) is 11.8 Å². The van der Waals surface area contributed by atoms with E-state index in [0.717, 1.165) is 5.41 Å². The van der Waals surface area contributed by atoms with E-state index >= 15 is 0 Å². The first-order valence-electron chi connectivity index (χ1n) is 5.39. The molecule has 0 saturated heterocycles. The molecule has 1 atom stereocenters. The Morgan fingerprint density at radius 3 is 2.72 bits per heavy atom. The van der Waals surface area contributed by atoms with Crippen molar-refractivity contribution in [2.24, 2.45) is 0 Å². The van der Waals surface area contributed by atoms with E-state index in [1.807, 2.05) is 0 Å². The number of amides is 1. The summed E-state index contributed by atoms with van der Waals surface area (Å²) in [6, 6.07) is 3.99. The highest BCUT2D eigenvalue weighted by Gasteiger charge is 2.23. The minimum Gasteiger partial charge on any atom is -0.508 e. The van der Waals surface area contributed by atoms with Crippen LogP contribution in [0, 0.1) is 6.92 Å². The first kappa shape index (κ1) is 12.6. The van der Waals surface area contributed by atoms with Crippen LogP contribution in [-0.4, -0.2) is 31.2 Å². The molecule has 5 nitrogen and oxygen atoms in total. The van der Waals surface area contributed by atoms with E-state index in [0.29, 0.717) is 11.1 Å². The molecule has 18 heavy (non-hydrogen) atoms. The van der Waals surface area contributed by atoms with E-state index in [-0.39, 0.29) is 17.4 Å². The van der Waals surface area contributed by atoms with Gasteiger partial charge in [0.2, 0.25) is 0 Å². The lowest BCUT2D eigenvalue weighted by atomic mass is 10.1. The zero-order valence-electron chi connectivity index (χ0n) is 9.75. The Bertz CT molecular complexity index is 619. The smallest absolute Gasteiger partial charge is 0.251 e. The molecule has 96 valence electrons. The number of benzene rings is 1. The number of sulfone groups is 1. The van der Waals surface area contributed by atoms with Gasteiger partial charge in [0, 0.05) is 11.0 Å². The monoisotopic (exact) mass is 267 g/mol. The van der Waals surface area contributed by atoms with Gasteiger partial charge in [0.15, 0.2) is 9.84 Å². The number of aryl methyl sites for hydroxylation is 1. The summed E-state index contributed by atoms with van der Waals surface area (Å²) in [5, 5.41) is 13.1. The third-order valence-corrected chi connectivity index (χ3v) is 4.10. The summed E-state index contributed by atoms with van der Waals surface area (Å²) in [5.74, 6) is -0.338. The SMILES string of the molecule is Cc1cc(C(=O)NC2C=CS(=O)(=O)C2)ccc1O. The Labute approximate surface area is 105 Å². The molecule has 1 aliphatic rings. The minimum atomic E-state index is -3.17. The van der Waals surface area contributed by atoms with Crippen LogP contribution in [0.5, 0.6) is 5.75 Å². The molecule has 2 N–H and O–H groups in total. The molecule has 1 aliphatic heterocycles. The maximum Gasteiger partial charge on any atom is 0.251 e. The summed E-state index contributed by atoms with van der Waals surface area (Å²) < 4.78 is 22.4. The minimum absolute atomic E-state index is 0.101. The number of hydrogen-bond acceptors (Lipinski definition) is 4. The summed E-state index contributed by atoms with van der Waals surface area (Å²) >= 11 is 0. The molecule has 1 aromatic rings. The highest BCUT2D eigenvalue weighted by molar-refractivity contribution is 7.94. The molecular formula is C12H13NO4S. The molecule has 0 spiro atoms. The van der Waals surface area contributed by atoms with Crippen molar-refractivity contribution in [3.05, 3.63) is 40.8 Å². The summed E-state index contributed by atoms with van der Waals surface area (Å²) in [4.78, 5) is 11.9. The van der Waals surface area contributed by atoms with Crippen LogP contribution in [-0.2, 0) is 9.84 Å². The van der Waals surface area contributed by atoms with Crippen molar-refractivity contribution >= 4 is 15.7 Å². The molecule has 6 heteroatoms. The number of carbonyl (C=O) groups excluding carboxylic acids is 1. The zero-order chi connectivity index (χ0) is 13.3. The van der Waals surface area contributed by atoms with E-state index in [9.17, 15) is 18.3 Å². The lowest BCUT2D eigenvalue weighted by molar-refractivity contribution is 0.0947. The van der Waals surface area contributed by atoms with Gasteiger partial charge in [-0.15, -0.1) is 0 Å². The van der Waals surface area contributed by atoms with Crippen LogP contribution in [0.1, 0.15) is 15.9 Å². The molecule has 0 aliphatic carbocycles. The van der Waals surface area contributed by atoms with Crippen LogP contribution in [0.25, 0.3) is 0 Å². The number of phenols is 1.